The van der Waals surface area contributed by atoms with Crippen LogP contribution in [0, 0.1) is 17.8 Å². The molecule has 1 saturated heterocycles. The summed E-state index contributed by atoms with van der Waals surface area (Å²) in [6, 6.07) is 11.2. The third-order valence-electron chi connectivity index (χ3n) is 9.08. The van der Waals surface area contributed by atoms with Crippen LogP contribution < -0.4 is 4.74 Å². The third kappa shape index (κ3) is 4.01. The van der Waals surface area contributed by atoms with E-state index in [1.54, 1.807) is 6.08 Å². The van der Waals surface area contributed by atoms with Gasteiger partial charge in [0, 0.05) is 41.4 Å². The lowest BCUT2D eigenvalue weighted by atomic mass is 9.49. The fraction of sp³-hybridized carbons (Fsp3) is 0.412. The Morgan fingerprint density at radius 2 is 1.80 bits per heavy atom. The molecule has 2 heterocycles. The van der Waals surface area contributed by atoms with Gasteiger partial charge in [0.25, 0.3) is 0 Å². The lowest BCUT2D eigenvalue weighted by molar-refractivity contribution is -0.173. The van der Waals surface area contributed by atoms with Crippen molar-refractivity contribution in [3.8, 4) is 17.2 Å². The lowest BCUT2D eigenvalue weighted by Crippen LogP contribution is -2.74. The topological polar surface area (TPSA) is 102 Å². The van der Waals surface area contributed by atoms with Gasteiger partial charge in [0.2, 0.25) is 0 Å². The van der Waals surface area contributed by atoms with E-state index in [9.17, 15) is 19.8 Å². The number of hydrogen-bond donors (Lipinski definition) is 2. The van der Waals surface area contributed by atoms with Crippen LogP contribution in [0.1, 0.15) is 55.6 Å². The Bertz CT molecular complexity index is 1510. The number of aromatic hydroxyl groups is 2. The minimum absolute atomic E-state index is 0.0190. The number of allylic oxidation sites excluding steroid dienone is 4. The summed E-state index contributed by atoms with van der Waals surface area (Å²) in [6.07, 6.45) is 6.09. The second-order valence-corrected chi connectivity index (χ2v) is 12.1. The standard InChI is InChI=1S/C34H36O7/c1-19(2)10-11-22-27(35)15-28-29(30(22)36)31(37)25-14-23-24(17-39-16-21-8-6-5-7-9-21)26-18-40-33(32(23)38,13-12-20(3)4)34(25,26)41-28/h5-10,12,14-15,23-24,26,35-36H,11,13,16-18H2,1-4H3/t23-,24+,26-,33+,34-/m1/s1. The van der Waals surface area contributed by atoms with E-state index in [0.717, 1.165) is 16.7 Å². The van der Waals surface area contributed by atoms with E-state index >= 15 is 0 Å². The van der Waals surface area contributed by atoms with Crippen molar-refractivity contribution < 1.29 is 34.0 Å². The number of carbonyl (C=O) groups excluding carboxylic acids is 2. The van der Waals surface area contributed by atoms with Crippen molar-refractivity contribution in [1.29, 1.82) is 0 Å². The first-order valence-electron chi connectivity index (χ1n) is 14.2. The Morgan fingerprint density at radius 1 is 1.07 bits per heavy atom. The van der Waals surface area contributed by atoms with Gasteiger partial charge in [-0.05, 0) is 39.7 Å². The van der Waals surface area contributed by atoms with Crippen LogP contribution in [-0.2, 0) is 27.3 Å². The fourth-order valence-electron chi connectivity index (χ4n) is 7.08. The van der Waals surface area contributed by atoms with Gasteiger partial charge in [-0.2, -0.15) is 0 Å². The lowest BCUT2D eigenvalue weighted by Gasteiger charge is -2.58. The molecule has 2 aliphatic heterocycles. The number of rotatable bonds is 8. The van der Waals surface area contributed by atoms with Gasteiger partial charge in [-0.25, -0.2) is 0 Å². The molecule has 3 aliphatic carbocycles. The molecule has 0 aromatic heterocycles. The van der Waals surface area contributed by atoms with E-state index in [1.165, 1.54) is 6.07 Å². The Kier molecular flexibility index (Phi) is 6.70. The Balaban J connectivity index is 1.44. The number of ether oxygens (including phenoxy) is 3. The molecular weight excluding hydrogens is 520 g/mol. The Morgan fingerprint density at radius 3 is 2.51 bits per heavy atom. The average Bonchev–Trinajstić information content (AvgIpc) is 3.21. The van der Waals surface area contributed by atoms with Crippen LogP contribution >= 0.6 is 0 Å². The summed E-state index contributed by atoms with van der Waals surface area (Å²) in [7, 11) is 0. The molecule has 7 rings (SSSR count). The zero-order valence-corrected chi connectivity index (χ0v) is 23.9. The number of phenolic OH excluding ortho intramolecular Hbond substituents is 2. The molecule has 1 saturated carbocycles. The van der Waals surface area contributed by atoms with Crippen LogP contribution in [-0.4, -0.2) is 46.2 Å². The average molecular weight is 557 g/mol. The summed E-state index contributed by atoms with van der Waals surface area (Å²) < 4.78 is 19.3. The predicted octanol–water partition coefficient (Wildman–Crippen LogP) is 5.63. The molecule has 2 N–H and O–H groups in total. The van der Waals surface area contributed by atoms with Gasteiger partial charge in [0.15, 0.2) is 22.8 Å². The SMILES string of the molecule is CC(C)=CCc1c(O)cc2c(c1O)C(=O)C1=C[C@H]3C(=O)[C@]4(CC=C(C)C)OC[C@H]([C@H]3COCc3ccccc3)[C@]14O2. The summed E-state index contributed by atoms with van der Waals surface area (Å²) in [4.78, 5) is 28.5. The molecule has 7 nitrogen and oxygen atoms in total. The van der Waals surface area contributed by atoms with Gasteiger partial charge >= 0.3 is 0 Å². The number of benzene rings is 2. The van der Waals surface area contributed by atoms with Crippen molar-refractivity contribution in [2.45, 2.75) is 58.3 Å². The summed E-state index contributed by atoms with van der Waals surface area (Å²) in [6.45, 7) is 8.68. The first kappa shape index (κ1) is 27.5. The predicted molar refractivity (Wildman–Crippen MR) is 153 cm³/mol. The molecule has 5 atom stereocenters. The Hall–Kier alpha value is -3.68. The smallest absolute Gasteiger partial charge is 0.200 e. The normalized spacial score (nSPS) is 28.9. The largest absolute Gasteiger partial charge is 0.507 e. The highest BCUT2D eigenvalue weighted by Crippen LogP contribution is 2.65. The van der Waals surface area contributed by atoms with Crippen LogP contribution in [0.15, 0.2) is 71.3 Å². The van der Waals surface area contributed by atoms with Gasteiger partial charge in [-0.3, -0.25) is 9.59 Å². The maximum atomic E-state index is 14.3. The number of Topliss-reactive ketones (excluding diaryl/α,β-unsaturated/α-hetero) is 2. The monoisotopic (exact) mass is 556 g/mol. The fourth-order valence-corrected chi connectivity index (χ4v) is 7.08. The number of fused-ring (bicyclic) bond motifs is 1. The zero-order chi connectivity index (χ0) is 29.1. The highest BCUT2D eigenvalue weighted by Gasteiger charge is 2.79. The molecule has 0 radical (unpaired) electrons. The maximum absolute atomic E-state index is 14.3. The van der Waals surface area contributed by atoms with Crippen molar-refractivity contribution in [3.05, 3.63) is 88.0 Å². The van der Waals surface area contributed by atoms with E-state index < -0.39 is 17.1 Å². The number of phenols is 2. The molecular formula is C34H36O7. The van der Waals surface area contributed by atoms with Crippen LogP contribution in [0.3, 0.4) is 0 Å². The molecule has 2 aromatic rings. The highest BCUT2D eigenvalue weighted by molar-refractivity contribution is 6.18. The summed E-state index contributed by atoms with van der Waals surface area (Å²) in [5.74, 6) is -2.08. The van der Waals surface area contributed by atoms with Gasteiger partial charge in [-0.15, -0.1) is 0 Å². The molecule has 2 aromatic carbocycles. The van der Waals surface area contributed by atoms with Crippen molar-refractivity contribution in [2.24, 2.45) is 17.8 Å². The molecule has 4 bridgehead atoms. The van der Waals surface area contributed by atoms with Crippen LogP contribution in [0.2, 0.25) is 0 Å². The van der Waals surface area contributed by atoms with Crippen LogP contribution in [0.25, 0.3) is 0 Å². The highest BCUT2D eigenvalue weighted by atomic mass is 16.6. The van der Waals surface area contributed by atoms with E-state index in [0.29, 0.717) is 18.8 Å². The van der Waals surface area contributed by atoms with Gasteiger partial charge in [0.1, 0.15) is 22.8 Å². The van der Waals surface area contributed by atoms with E-state index in [-0.39, 0.29) is 71.2 Å². The van der Waals surface area contributed by atoms with E-state index in [1.807, 2.05) is 70.2 Å². The van der Waals surface area contributed by atoms with E-state index in [4.69, 9.17) is 14.2 Å². The maximum Gasteiger partial charge on any atom is 0.200 e. The molecule has 0 unspecified atom stereocenters. The van der Waals surface area contributed by atoms with Crippen molar-refractivity contribution in [2.75, 3.05) is 13.2 Å². The number of carbonyl (C=O) groups is 2. The van der Waals surface area contributed by atoms with Crippen LogP contribution in [0.4, 0.5) is 0 Å². The van der Waals surface area contributed by atoms with E-state index in [2.05, 4.69) is 0 Å². The van der Waals surface area contributed by atoms with Crippen molar-refractivity contribution in [3.63, 3.8) is 0 Å². The quantitative estimate of drug-likeness (QED) is 0.406. The summed E-state index contributed by atoms with van der Waals surface area (Å²) >= 11 is 0. The zero-order valence-electron chi connectivity index (χ0n) is 23.9. The number of hydrogen-bond acceptors (Lipinski definition) is 7. The summed E-state index contributed by atoms with van der Waals surface area (Å²) in [5, 5.41) is 22.1. The molecule has 7 heteroatoms. The first-order chi connectivity index (χ1) is 19.6. The van der Waals surface area contributed by atoms with Crippen LogP contribution in [0.5, 0.6) is 17.2 Å². The third-order valence-corrected chi connectivity index (χ3v) is 9.08. The minimum atomic E-state index is -1.39. The molecule has 1 spiro atoms. The molecule has 5 aliphatic rings. The van der Waals surface area contributed by atoms with Crippen molar-refractivity contribution >= 4 is 11.6 Å². The van der Waals surface area contributed by atoms with Crippen molar-refractivity contribution in [1.82, 2.24) is 0 Å². The van der Waals surface area contributed by atoms with Gasteiger partial charge in [0.05, 0.1) is 19.8 Å². The molecule has 2 fully saturated rings. The van der Waals surface area contributed by atoms with Gasteiger partial charge < -0.3 is 24.4 Å². The number of ketones is 2. The first-order valence-corrected chi connectivity index (χ1v) is 14.2. The second kappa shape index (κ2) is 10.00. The molecule has 41 heavy (non-hydrogen) atoms. The Labute approximate surface area is 240 Å². The van der Waals surface area contributed by atoms with Gasteiger partial charge in [-0.1, -0.05) is 59.7 Å². The minimum Gasteiger partial charge on any atom is -0.507 e. The summed E-state index contributed by atoms with van der Waals surface area (Å²) in [5.41, 5.74) is 0.924. The second-order valence-electron chi connectivity index (χ2n) is 12.1. The molecule has 214 valence electrons. The molecule has 0 amide bonds.